The molecule has 12 nitrogen and oxygen atoms in total. The van der Waals surface area contributed by atoms with Crippen molar-refractivity contribution in [2.24, 2.45) is 0 Å². The molecule has 252 valence electrons. The minimum absolute atomic E-state index is 0.185. The summed E-state index contributed by atoms with van der Waals surface area (Å²) in [4.78, 5) is 0. The Hall–Kier alpha value is -5.82. The molecule has 0 saturated carbocycles. The van der Waals surface area contributed by atoms with Gasteiger partial charge < -0.3 is 56.8 Å². The summed E-state index contributed by atoms with van der Waals surface area (Å²) in [5.74, 6) is 1.32. The zero-order valence-electron chi connectivity index (χ0n) is 27.2. The van der Waals surface area contributed by atoms with Gasteiger partial charge in [-0.15, -0.1) is 0 Å². The summed E-state index contributed by atoms with van der Waals surface area (Å²) < 4.78 is 66.4. The van der Waals surface area contributed by atoms with E-state index in [1.807, 2.05) is 58.0 Å². The third-order valence-corrected chi connectivity index (χ3v) is 6.45. The van der Waals surface area contributed by atoms with E-state index in [1.54, 1.807) is 0 Å². The Morgan fingerprint density at radius 2 is 1.12 bits per heavy atom. The highest BCUT2D eigenvalue weighted by molar-refractivity contribution is 6.07. The smallest absolute Gasteiger partial charge is 0.241 e. The summed E-state index contributed by atoms with van der Waals surface area (Å²) in [6.07, 6.45) is 23.4. The second-order valence-corrected chi connectivity index (χ2v) is 9.24. The maximum absolute atomic E-state index is 6.24. The summed E-state index contributed by atoms with van der Waals surface area (Å²) in [5, 5.41) is 1.58. The number of allylic oxidation sites excluding steroid dienone is 3. The second-order valence-electron chi connectivity index (χ2n) is 9.24. The lowest BCUT2D eigenvalue weighted by Gasteiger charge is -2.33. The topological polar surface area (TPSA) is 111 Å². The molecule has 0 bridgehead atoms. The Balaban J connectivity index is 1.79. The van der Waals surface area contributed by atoms with Gasteiger partial charge in [-0.1, -0.05) is 30.4 Å². The van der Waals surface area contributed by atoms with Crippen LogP contribution in [-0.2, 0) is 53.8 Å². The van der Waals surface area contributed by atoms with E-state index < -0.39 is 6.10 Å². The van der Waals surface area contributed by atoms with E-state index in [1.165, 1.54) is 0 Å². The van der Waals surface area contributed by atoms with Gasteiger partial charge in [-0.2, -0.15) is 0 Å². The van der Waals surface area contributed by atoms with E-state index in [0.29, 0.717) is 50.1 Å². The molecule has 2 aromatic carbocycles. The van der Waals surface area contributed by atoms with E-state index in [9.17, 15) is 0 Å². The van der Waals surface area contributed by atoms with Crippen LogP contribution in [-0.4, -0.2) is 53.6 Å². The van der Waals surface area contributed by atoms with Crippen LogP contribution in [0.4, 0.5) is 0 Å². The maximum atomic E-state index is 6.24. The third kappa shape index (κ3) is 9.13. The van der Waals surface area contributed by atoms with Gasteiger partial charge >= 0.3 is 0 Å². The lowest BCUT2D eigenvalue weighted by atomic mass is 9.79. The first kappa shape index (κ1) is 35.0. The fraction of sp³-hybridized carbons (Fsp3) is 0.389. The molecule has 0 fully saturated rings. The van der Waals surface area contributed by atoms with Crippen molar-refractivity contribution >= 4 is 16.3 Å². The Bertz CT molecular complexity index is 1700. The van der Waals surface area contributed by atoms with Crippen molar-refractivity contribution in [3.8, 4) is 60.4 Å². The predicted molar refractivity (Wildman–Crippen MR) is 171 cm³/mol. The number of hydrogen-bond acceptors (Lipinski definition) is 12. The van der Waals surface area contributed by atoms with Crippen molar-refractivity contribution in [3.63, 3.8) is 0 Å². The molecule has 0 amide bonds. The van der Waals surface area contributed by atoms with Crippen LogP contribution in [0.5, 0.6) is 11.5 Å². The van der Waals surface area contributed by atoms with Crippen LogP contribution in [0.3, 0.4) is 0 Å². The van der Waals surface area contributed by atoms with Gasteiger partial charge in [0.2, 0.25) is 27.2 Å². The molecule has 0 spiro atoms. The number of hydrogen-bond donors (Lipinski definition) is 0. The van der Waals surface area contributed by atoms with E-state index in [2.05, 4.69) is 48.9 Å². The predicted octanol–water partition coefficient (Wildman–Crippen LogP) is 5.22. The van der Waals surface area contributed by atoms with E-state index in [-0.39, 0.29) is 27.2 Å². The summed E-state index contributed by atoms with van der Waals surface area (Å²) in [6, 6.07) is 5.73. The largest absolute Gasteiger partial charge is 0.457 e. The minimum atomic E-state index is -0.728. The van der Waals surface area contributed by atoms with Crippen molar-refractivity contribution in [2.45, 2.75) is 40.2 Å². The van der Waals surface area contributed by atoms with Crippen molar-refractivity contribution < 1.29 is 56.8 Å². The molecular weight excluding hydrogens is 624 g/mol. The van der Waals surface area contributed by atoms with Gasteiger partial charge in [-0.05, 0) is 39.7 Å². The van der Waals surface area contributed by atoms with Crippen LogP contribution < -0.4 is 9.47 Å². The molecule has 0 saturated heterocycles. The van der Waals surface area contributed by atoms with E-state index in [4.69, 9.17) is 56.8 Å². The molecule has 0 radical (unpaired) electrons. The van der Waals surface area contributed by atoms with Crippen LogP contribution >= 0.6 is 0 Å². The molecule has 2 aliphatic carbocycles. The highest BCUT2D eigenvalue weighted by Crippen LogP contribution is 2.53. The number of ether oxygens (including phenoxy) is 12. The normalized spacial score (nSPS) is 13.0. The Morgan fingerprint density at radius 3 is 1.71 bits per heavy atom. The van der Waals surface area contributed by atoms with Crippen LogP contribution in [0.25, 0.3) is 16.3 Å². The molecular formula is C36H36O12. The Kier molecular flexibility index (Phi) is 14.3. The lowest BCUT2D eigenvalue weighted by Crippen LogP contribution is -2.21. The van der Waals surface area contributed by atoms with E-state index >= 15 is 0 Å². The highest BCUT2D eigenvalue weighted by Gasteiger charge is 2.37. The summed E-state index contributed by atoms with van der Waals surface area (Å²) in [7, 11) is 0. The molecule has 0 N–H and O–H groups in total. The van der Waals surface area contributed by atoms with Crippen molar-refractivity contribution in [2.75, 3.05) is 53.6 Å². The fourth-order valence-corrected chi connectivity index (χ4v) is 4.77. The first-order valence-corrected chi connectivity index (χ1v) is 15.2. The van der Waals surface area contributed by atoms with Crippen LogP contribution in [0.1, 0.15) is 50.5 Å². The molecule has 1 unspecified atom stereocenters. The SMILES string of the molecule is CCOC#COCOC1=C2C=CCc3c(OCOC#COCC)c(OCOC#COCC)c4cccc(c4c32)C1OCOC#COCC. The summed E-state index contributed by atoms with van der Waals surface area (Å²) in [6.45, 7) is 8.21. The molecule has 0 heterocycles. The lowest BCUT2D eigenvalue weighted by molar-refractivity contribution is -0.0709. The third-order valence-electron chi connectivity index (χ3n) is 6.45. The quantitative estimate of drug-likeness (QED) is 0.134. The maximum Gasteiger partial charge on any atom is 0.241 e. The minimum Gasteiger partial charge on any atom is -0.457 e. The fourth-order valence-electron chi connectivity index (χ4n) is 4.77. The molecule has 0 aromatic heterocycles. The van der Waals surface area contributed by atoms with Gasteiger partial charge in [-0.3, -0.25) is 0 Å². The Labute approximate surface area is 280 Å². The molecule has 2 aliphatic rings. The van der Waals surface area contributed by atoms with Gasteiger partial charge in [0.15, 0.2) is 60.4 Å². The zero-order valence-corrected chi connectivity index (χ0v) is 27.2. The average Bonchev–Trinajstić information content (AvgIpc) is 3.11. The zero-order chi connectivity index (χ0) is 33.8. The van der Waals surface area contributed by atoms with Gasteiger partial charge in [0.25, 0.3) is 0 Å². The van der Waals surface area contributed by atoms with E-state index in [0.717, 1.165) is 33.0 Å². The molecule has 1 atom stereocenters. The average molecular weight is 661 g/mol. The van der Waals surface area contributed by atoms with Gasteiger partial charge in [-0.25, -0.2) is 0 Å². The number of benzene rings is 2. The van der Waals surface area contributed by atoms with Gasteiger partial charge in [0.1, 0.15) is 11.9 Å². The molecule has 2 aromatic rings. The standard InChI is InChI=1S/C36H36O12/c1-5-37-15-19-41-23-45-33-27-11-9-13-29-31(27)32-28(34(33)46-24-42-20-16-38-6-2)12-10-14-30(32)36(48-26-44-22-18-40-8-4)35(29)47-25-43-21-17-39-7-3/h9-13,33H,5-8,14,23-26H2,1-4H3. The molecule has 4 rings (SSSR count). The summed E-state index contributed by atoms with van der Waals surface area (Å²) in [5.41, 5.74) is 3.22. The molecule has 12 heteroatoms. The van der Waals surface area contributed by atoms with Crippen molar-refractivity contribution in [3.05, 3.63) is 52.8 Å². The van der Waals surface area contributed by atoms with Gasteiger partial charge in [0.05, 0.1) is 26.4 Å². The van der Waals surface area contributed by atoms with Crippen molar-refractivity contribution in [1.82, 2.24) is 0 Å². The first-order valence-electron chi connectivity index (χ1n) is 15.2. The Morgan fingerprint density at radius 1 is 0.604 bits per heavy atom. The first-order chi connectivity index (χ1) is 23.8. The second kappa shape index (κ2) is 19.6. The van der Waals surface area contributed by atoms with Crippen LogP contribution in [0.15, 0.2) is 36.1 Å². The summed E-state index contributed by atoms with van der Waals surface area (Å²) >= 11 is 0. The number of rotatable bonds is 16. The van der Waals surface area contributed by atoms with Gasteiger partial charge in [0, 0.05) is 27.5 Å². The van der Waals surface area contributed by atoms with Crippen LogP contribution in [0.2, 0.25) is 0 Å². The molecule has 0 aliphatic heterocycles. The monoisotopic (exact) mass is 660 g/mol. The molecule has 48 heavy (non-hydrogen) atoms. The van der Waals surface area contributed by atoms with Crippen LogP contribution in [0, 0.1) is 48.9 Å². The van der Waals surface area contributed by atoms with Crippen molar-refractivity contribution in [1.29, 1.82) is 0 Å². The highest BCUT2D eigenvalue weighted by atomic mass is 16.7.